The van der Waals surface area contributed by atoms with Gasteiger partial charge in [0.25, 0.3) is 5.91 Å². The molecule has 1 atom stereocenters. The Morgan fingerprint density at radius 1 is 1.03 bits per heavy atom. The first kappa shape index (κ1) is 20.2. The molecule has 2 heterocycles. The maximum atomic E-state index is 12.8. The lowest BCUT2D eigenvalue weighted by atomic mass is 10.2. The number of carbonyl (C=O) groups excluding carboxylic acids is 1. The van der Waals surface area contributed by atoms with E-state index in [4.69, 9.17) is 23.2 Å². The van der Waals surface area contributed by atoms with Crippen LogP contribution in [0.2, 0.25) is 10.0 Å². The first-order valence-corrected chi connectivity index (χ1v) is 11.1. The van der Waals surface area contributed by atoms with Crippen molar-refractivity contribution in [3.63, 3.8) is 0 Å². The number of benzene rings is 2. The fourth-order valence-corrected chi connectivity index (χ4v) is 4.75. The summed E-state index contributed by atoms with van der Waals surface area (Å²) in [5, 5.41) is 1.71. The van der Waals surface area contributed by atoms with Gasteiger partial charge in [-0.15, -0.1) is 0 Å². The molecular formula is C20H20Cl2N4O2S. The number of aromatic amines is 1. The SMILES string of the molecule is CN1CCN(C(=O)c2ccc(S(=O)Nc3ccc(Cl)c4c(Cl)c[nH]c34)cc2)CC1. The Kier molecular flexibility index (Phi) is 5.83. The number of piperazine rings is 1. The molecule has 1 unspecified atom stereocenters. The van der Waals surface area contributed by atoms with Gasteiger partial charge in [0.15, 0.2) is 0 Å². The minimum atomic E-state index is -1.51. The van der Waals surface area contributed by atoms with Crippen LogP contribution in [0.1, 0.15) is 10.4 Å². The molecule has 4 rings (SSSR count). The average Bonchev–Trinajstić information content (AvgIpc) is 3.13. The highest BCUT2D eigenvalue weighted by Gasteiger charge is 2.20. The molecule has 0 radical (unpaired) electrons. The number of anilines is 1. The Balaban J connectivity index is 1.49. The van der Waals surface area contributed by atoms with E-state index in [1.54, 1.807) is 42.6 Å². The van der Waals surface area contributed by atoms with E-state index >= 15 is 0 Å². The summed E-state index contributed by atoms with van der Waals surface area (Å²) >= 11 is 12.4. The molecule has 1 aliphatic heterocycles. The zero-order valence-electron chi connectivity index (χ0n) is 15.7. The van der Waals surface area contributed by atoms with Gasteiger partial charge in [-0.3, -0.25) is 9.52 Å². The van der Waals surface area contributed by atoms with Crippen molar-refractivity contribution in [2.24, 2.45) is 0 Å². The molecule has 2 aromatic carbocycles. The molecule has 1 amide bonds. The Labute approximate surface area is 181 Å². The third kappa shape index (κ3) is 4.14. The van der Waals surface area contributed by atoms with Gasteiger partial charge in [0, 0.05) is 43.3 Å². The molecule has 0 aliphatic carbocycles. The third-order valence-corrected chi connectivity index (χ3v) is 6.76. The summed E-state index contributed by atoms with van der Waals surface area (Å²) in [5.41, 5.74) is 1.92. The fourth-order valence-electron chi connectivity index (χ4n) is 3.33. The van der Waals surface area contributed by atoms with Crippen LogP contribution in [0, 0.1) is 0 Å². The standard InChI is InChI=1S/C20H20Cl2N4O2S/c1-25-8-10-26(11-9-25)20(27)13-2-4-14(5-3-13)29(28)24-17-7-6-15(21)18-16(22)12-23-19(17)18/h2-7,12,23-24H,8-11H2,1H3. The van der Waals surface area contributed by atoms with Crippen LogP contribution in [-0.2, 0) is 11.0 Å². The van der Waals surface area contributed by atoms with Gasteiger partial charge < -0.3 is 14.8 Å². The van der Waals surface area contributed by atoms with E-state index in [0.717, 1.165) is 26.2 Å². The van der Waals surface area contributed by atoms with Crippen molar-refractivity contribution >= 4 is 56.7 Å². The second-order valence-electron chi connectivity index (χ2n) is 6.97. The zero-order valence-corrected chi connectivity index (χ0v) is 18.1. The molecular weight excluding hydrogens is 431 g/mol. The Morgan fingerprint density at radius 2 is 1.72 bits per heavy atom. The van der Waals surface area contributed by atoms with Crippen molar-refractivity contribution in [1.82, 2.24) is 14.8 Å². The van der Waals surface area contributed by atoms with E-state index in [2.05, 4.69) is 21.7 Å². The molecule has 2 N–H and O–H groups in total. The number of rotatable bonds is 4. The summed E-state index contributed by atoms with van der Waals surface area (Å²) in [6, 6.07) is 10.3. The summed E-state index contributed by atoms with van der Waals surface area (Å²) in [7, 11) is 0.544. The lowest BCUT2D eigenvalue weighted by Crippen LogP contribution is -2.47. The van der Waals surface area contributed by atoms with Crippen LogP contribution < -0.4 is 4.72 Å². The summed E-state index contributed by atoms with van der Waals surface area (Å²) in [6.07, 6.45) is 1.64. The van der Waals surface area contributed by atoms with E-state index in [1.807, 2.05) is 4.90 Å². The number of carbonyl (C=O) groups is 1. The van der Waals surface area contributed by atoms with E-state index in [9.17, 15) is 9.00 Å². The minimum Gasteiger partial charge on any atom is -0.358 e. The summed E-state index contributed by atoms with van der Waals surface area (Å²) in [6.45, 7) is 3.18. The van der Waals surface area contributed by atoms with E-state index in [0.29, 0.717) is 37.1 Å². The van der Waals surface area contributed by atoms with Gasteiger partial charge in [0.1, 0.15) is 11.0 Å². The van der Waals surface area contributed by atoms with Crippen LogP contribution in [0.15, 0.2) is 47.5 Å². The number of hydrogen-bond donors (Lipinski definition) is 2. The van der Waals surface area contributed by atoms with Crippen LogP contribution in [0.5, 0.6) is 0 Å². The maximum absolute atomic E-state index is 12.8. The summed E-state index contributed by atoms with van der Waals surface area (Å²) in [4.78, 5) is 20.3. The second-order valence-corrected chi connectivity index (χ2v) is 9.00. The van der Waals surface area contributed by atoms with Gasteiger partial charge >= 0.3 is 0 Å². The van der Waals surface area contributed by atoms with Crippen molar-refractivity contribution < 1.29 is 9.00 Å². The summed E-state index contributed by atoms with van der Waals surface area (Å²) < 4.78 is 15.8. The van der Waals surface area contributed by atoms with E-state index < -0.39 is 11.0 Å². The number of hydrogen-bond acceptors (Lipinski definition) is 3. The molecule has 0 bridgehead atoms. The quantitative estimate of drug-likeness (QED) is 0.630. The van der Waals surface area contributed by atoms with Crippen molar-refractivity contribution in [1.29, 1.82) is 0 Å². The Bertz CT molecular complexity index is 1080. The van der Waals surface area contributed by atoms with Crippen LogP contribution in [0.4, 0.5) is 5.69 Å². The van der Waals surface area contributed by atoms with Crippen molar-refractivity contribution in [2.75, 3.05) is 37.9 Å². The number of aromatic nitrogens is 1. The topological polar surface area (TPSA) is 68.4 Å². The van der Waals surface area contributed by atoms with E-state index in [1.165, 1.54) is 0 Å². The van der Waals surface area contributed by atoms with Crippen LogP contribution >= 0.6 is 23.2 Å². The number of H-pyrrole nitrogens is 1. The van der Waals surface area contributed by atoms with Crippen LogP contribution in [0.25, 0.3) is 10.9 Å². The first-order valence-electron chi connectivity index (χ1n) is 9.15. The minimum absolute atomic E-state index is 0.00355. The van der Waals surface area contributed by atoms with Crippen molar-refractivity contribution in [3.8, 4) is 0 Å². The van der Waals surface area contributed by atoms with Gasteiger partial charge in [-0.25, -0.2) is 4.21 Å². The second kappa shape index (κ2) is 8.36. The number of halogens is 2. The predicted octanol–water partition coefficient (Wildman–Crippen LogP) is 4.00. The Morgan fingerprint density at radius 3 is 2.41 bits per heavy atom. The smallest absolute Gasteiger partial charge is 0.253 e. The highest BCUT2D eigenvalue weighted by molar-refractivity contribution is 7.86. The number of nitrogens with one attached hydrogen (secondary N) is 2. The molecule has 6 nitrogen and oxygen atoms in total. The maximum Gasteiger partial charge on any atom is 0.253 e. The van der Waals surface area contributed by atoms with E-state index in [-0.39, 0.29) is 5.91 Å². The largest absolute Gasteiger partial charge is 0.358 e. The fraction of sp³-hybridized carbons (Fsp3) is 0.250. The van der Waals surface area contributed by atoms with Gasteiger partial charge in [-0.1, -0.05) is 23.2 Å². The van der Waals surface area contributed by atoms with Gasteiger partial charge in [-0.05, 0) is 43.4 Å². The van der Waals surface area contributed by atoms with Gasteiger partial charge in [0.2, 0.25) is 0 Å². The normalized spacial score (nSPS) is 16.2. The average molecular weight is 451 g/mol. The zero-order chi connectivity index (χ0) is 20.5. The molecule has 0 saturated carbocycles. The molecule has 3 aromatic rings. The number of nitrogens with zero attached hydrogens (tertiary/aromatic N) is 2. The van der Waals surface area contributed by atoms with Crippen molar-refractivity contribution in [3.05, 3.63) is 58.2 Å². The molecule has 29 heavy (non-hydrogen) atoms. The molecule has 0 spiro atoms. The van der Waals surface area contributed by atoms with Crippen LogP contribution in [0.3, 0.4) is 0 Å². The first-order chi connectivity index (χ1) is 13.9. The van der Waals surface area contributed by atoms with Gasteiger partial charge in [0.05, 0.1) is 26.1 Å². The monoisotopic (exact) mass is 450 g/mol. The molecule has 1 saturated heterocycles. The van der Waals surface area contributed by atoms with Crippen LogP contribution in [-0.4, -0.2) is 58.1 Å². The molecule has 1 aliphatic rings. The lowest BCUT2D eigenvalue weighted by Gasteiger charge is -2.32. The number of fused-ring (bicyclic) bond motifs is 1. The third-order valence-electron chi connectivity index (χ3n) is 5.05. The number of amides is 1. The molecule has 1 aromatic heterocycles. The highest BCUT2D eigenvalue weighted by Crippen LogP contribution is 2.35. The molecule has 1 fully saturated rings. The predicted molar refractivity (Wildman–Crippen MR) is 118 cm³/mol. The molecule has 9 heteroatoms. The Hall–Kier alpha value is -2.06. The highest BCUT2D eigenvalue weighted by atomic mass is 35.5. The van der Waals surface area contributed by atoms with Gasteiger partial charge in [-0.2, -0.15) is 0 Å². The molecule has 152 valence electrons. The number of likely N-dealkylation sites (N-methyl/N-ethyl adjacent to an activating group) is 1. The lowest BCUT2D eigenvalue weighted by molar-refractivity contribution is 0.0664. The summed E-state index contributed by atoms with van der Waals surface area (Å²) in [5.74, 6) is 0.00355. The van der Waals surface area contributed by atoms with Crippen molar-refractivity contribution in [2.45, 2.75) is 4.90 Å².